The molecule has 4 aromatic rings. The molecule has 4 rings (SSSR count). The molecule has 0 unspecified atom stereocenters. The molecule has 0 saturated carbocycles. The highest BCUT2D eigenvalue weighted by molar-refractivity contribution is 5.90. The van der Waals surface area contributed by atoms with Crippen LogP contribution in [-0.2, 0) is 10.9 Å². The summed E-state index contributed by atoms with van der Waals surface area (Å²) in [5.41, 5.74) is 0.255. The number of fused-ring (bicyclic) bond motifs is 1. The number of hydrogen-bond acceptors (Lipinski definition) is 7. The third kappa shape index (κ3) is 6.81. The lowest BCUT2D eigenvalue weighted by atomic mass is 10.0. The second-order valence-electron chi connectivity index (χ2n) is 8.95. The lowest BCUT2D eigenvalue weighted by Gasteiger charge is -2.17. The Bertz CT molecular complexity index is 1560. The third-order valence-electron chi connectivity index (χ3n) is 6.19. The van der Waals surface area contributed by atoms with E-state index in [2.05, 4.69) is 5.32 Å². The molecule has 210 valence electrons. The van der Waals surface area contributed by atoms with Crippen LogP contribution in [0.1, 0.15) is 41.6 Å². The Labute approximate surface area is 228 Å². The summed E-state index contributed by atoms with van der Waals surface area (Å²) in [6.45, 7) is 4.19. The van der Waals surface area contributed by atoms with Gasteiger partial charge in [-0.2, -0.15) is 13.2 Å². The highest BCUT2D eigenvalue weighted by Gasteiger charge is 2.31. The van der Waals surface area contributed by atoms with E-state index in [9.17, 15) is 22.8 Å². The molecule has 40 heavy (non-hydrogen) atoms. The number of benzene rings is 3. The van der Waals surface area contributed by atoms with Crippen LogP contribution < -0.4 is 20.2 Å². The molecule has 1 aromatic heterocycles. The van der Waals surface area contributed by atoms with Crippen LogP contribution in [0, 0.1) is 0 Å². The van der Waals surface area contributed by atoms with Gasteiger partial charge >= 0.3 is 12.1 Å². The summed E-state index contributed by atoms with van der Waals surface area (Å²) < 4.78 is 62.4. The van der Waals surface area contributed by atoms with Crippen LogP contribution in [0.15, 0.2) is 75.9 Å². The van der Waals surface area contributed by atoms with Gasteiger partial charge in [-0.3, -0.25) is 4.79 Å². The zero-order chi connectivity index (χ0) is 28.9. The van der Waals surface area contributed by atoms with E-state index in [0.29, 0.717) is 12.1 Å². The van der Waals surface area contributed by atoms with E-state index in [1.54, 1.807) is 14.0 Å². The van der Waals surface area contributed by atoms with Gasteiger partial charge in [0.1, 0.15) is 23.7 Å². The van der Waals surface area contributed by atoms with E-state index in [4.69, 9.17) is 18.6 Å². The van der Waals surface area contributed by atoms with Crippen LogP contribution in [0.5, 0.6) is 11.5 Å². The van der Waals surface area contributed by atoms with Gasteiger partial charge in [0.2, 0.25) is 5.76 Å². The van der Waals surface area contributed by atoms with Crippen LogP contribution in [0.4, 0.5) is 13.2 Å². The first-order valence-electron chi connectivity index (χ1n) is 12.6. The Kier molecular flexibility index (Phi) is 8.79. The van der Waals surface area contributed by atoms with Crippen molar-refractivity contribution in [2.24, 2.45) is 0 Å². The Balaban J connectivity index is 1.55. The van der Waals surface area contributed by atoms with E-state index in [1.807, 2.05) is 31.2 Å². The zero-order valence-electron chi connectivity index (χ0n) is 22.1. The molecule has 1 heterocycles. The largest absolute Gasteiger partial charge is 0.497 e. The molecule has 0 bridgehead atoms. The molecule has 0 radical (unpaired) electrons. The van der Waals surface area contributed by atoms with Gasteiger partial charge in [-0.1, -0.05) is 18.2 Å². The quantitative estimate of drug-likeness (QED) is 0.179. The number of alkyl halides is 3. The van der Waals surface area contributed by atoms with Crippen LogP contribution >= 0.6 is 0 Å². The first-order chi connectivity index (χ1) is 19.1. The first-order valence-corrected chi connectivity index (χ1v) is 12.6. The number of ether oxygens (including phenoxy) is 3. The fraction of sp³-hybridized carbons (Fsp3) is 0.267. The van der Waals surface area contributed by atoms with E-state index in [0.717, 1.165) is 29.5 Å². The molecule has 0 aliphatic carbocycles. The molecular formula is C30H28F3NO6. The summed E-state index contributed by atoms with van der Waals surface area (Å²) in [5, 5.41) is 3.39. The maximum Gasteiger partial charge on any atom is 0.416 e. The second-order valence-corrected chi connectivity index (χ2v) is 8.95. The summed E-state index contributed by atoms with van der Waals surface area (Å²) >= 11 is 0. The topological polar surface area (TPSA) is 87.0 Å². The predicted octanol–water partition coefficient (Wildman–Crippen LogP) is 6.39. The van der Waals surface area contributed by atoms with Crippen molar-refractivity contribution in [1.29, 1.82) is 0 Å². The number of carbonyl (C=O) groups excluding carboxylic acids is 1. The minimum Gasteiger partial charge on any atom is -0.497 e. The van der Waals surface area contributed by atoms with Crippen molar-refractivity contribution < 1.29 is 36.6 Å². The third-order valence-corrected chi connectivity index (χ3v) is 6.19. The fourth-order valence-electron chi connectivity index (χ4n) is 4.12. The molecule has 3 aromatic carbocycles. The summed E-state index contributed by atoms with van der Waals surface area (Å²) in [6.07, 6.45) is -4.61. The predicted molar refractivity (Wildman–Crippen MR) is 144 cm³/mol. The van der Waals surface area contributed by atoms with Gasteiger partial charge in [0.05, 0.1) is 24.7 Å². The number of halogens is 3. The van der Waals surface area contributed by atoms with E-state index in [-0.39, 0.29) is 47.3 Å². The monoisotopic (exact) mass is 555 g/mol. The Morgan fingerprint density at radius 2 is 1.80 bits per heavy atom. The van der Waals surface area contributed by atoms with E-state index in [1.165, 1.54) is 24.3 Å². The minimum atomic E-state index is -4.61. The SMILES string of the molecule is CCOC(=O)c1cc(=O)c2cc(-c3cc(OCCN[C@H](C)c4cccc(OC)c4)cc(C(F)(F)F)c3)ccc2o1. The molecule has 0 fully saturated rings. The maximum atomic E-state index is 13.7. The van der Waals surface area contributed by atoms with Crippen molar-refractivity contribution in [2.75, 3.05) is 26.9 Å². The van der Waals surface area contributed by atoms with Crippen molar-refractivity contribution in [3.8, 4) is 22.6 Å². The molecule has 0 aliphatic heterocycles. The van der Waals surface area contributed by atoms with Gasteiger partial charge in [0.25, 0.3) is 0 Å². The van der Waals surface area contributed by atoms with Crippen LogP contribution in [0.25, 0.3) is 22.1 Å². The molecule has 0 amide bonds. The highest BCUT2D eigenvalue weighted by atomic mass is 19.4. The minimum absolute atomic E-state index is 0.0328. The Morgan fingerprint density at radius 1 is 1.00 bits per heavy atom. The summed E-state index contributed by atoms with van der Waals surface area (Å²) in [4.78, 5) is 24.6. The van der Waals surface area contributed by atoms with Crippen molar-refractivity contribution in [2.45, 2.75) is 26.1 Å². The number of methoxy groups -OCH3 is 1. The molecule has 0 aliphatic rings. The van der Waals surface area contributed by atoms with Gasteiger partial charge < -0.3 is 23.9 Å². The number of carbonyl (C=O) groups is 1. The lowest BCUT2D eigenvalue weighted by Crippen LogP contribution is -2.24. The van der Waals surface area contributed by atoms with Gasteiger partial charge in [-0.15, -0.1) is 0 Å². The molecule has 10 heteroatoms. The molecule has 1 N–H and O–H groups in total. The smallest absolute Gasteiger partial charge is 0.416 e. The van der Waals surface area contributed by atoms with Crippen LogP contribution in [0.3, 0.4) is 0 Å². The zero-order valence-corrected chi connectivity index (χ0v) is 22.1. The molecule has 7 nitrogen and oxygen atoms in total. The van der Waals surface area contributed by atoms with Gasteiger partial charge in [0.15, 0.2) is 5.43 Å². The van der Waals surface area contributed by atoms with E-state index < -0.39 is 23.1 Å². The number of nitrogens with one attached hydrogen (secondary N) is 1. The van der Waals surface area contributed by atoms with Gasteiger partial charge in [0, 0.05) is 18.7 Å². The van der Waals surface area contributed by atoms with Crippen molar-refractivity contribution in [3.63, 3.8) is 0 Å². The fourth-order valence-corrected chi connectivity index (χ4v) is 4.12. The molecular weight excluding hydrogens is 527 g/mol. The number of hydrogen-bond donors (Lipinski definition) is 1. The second kappa shape index (κ2) is 12.3. The van der Waals surface area contributed by atoms with Crippen LogP contribution in [0.2, 0.25) is 0 Å². The maximum absolute atomic E-state index is 13.7. The summed E-state index contributed by atoms with van der Waals surface area (Å²) in [7, 11) is 1.59. The average Bonchev–Trinajstić information content (AvgIpc) is 2.94. The standard InChI is InChI=1S/C30H28F3NO6/c1-4-38-29(36)28-17-26(35)25-15-20(8-9-27(25)40-28)21-12-22(30(31,32)33)16-24(14-21)39-11-10-34-18(2)19-6-5-7-23(13-19)37-3/h5-9,12-18,34H,4,10-11H2,1-3H3/t18-/m1/s1. The van der Waals surface area contributed by atoms with Gasteiger partial charge in [-0.05, 0) is 73.0 Å². The molecule has 1 atom stereocenters. The van der Waals surface area contributed by atoms with Crippen LogP contribution in [-0.4, -0.2) is 32.8 Å². The van der Waals surface area contributed by atoms with Crippen molar-refractivity contribution >= 4 is 16.9 Å². The number of rotatable bonds is 10. The first kappa shape index (κ1) is 28.7. The average molecular weight is 556 g/mol. The Hall–Kier alpha value is -4.31. The van der Waals surface area contributed by atoms with Gasteiger partial charge in [-0.25, -0.2) is 4.79 Å². The van der Waals surface area contributed by atoms with Crippen molar-refractivity contribution in [1.82, 2.24) is 5.32 Å². The highest BCUT2D eigenvalue weighted by Crippen LogP contribution is 2.36. The lowest BCUT2D eigenvalue weighted by molar-refractivity contribution is -0.137. The summed E-state index contributed by atoms with van der Waals surface area (Å²) in [5.74, 6) is -0.274. The van der Waals surface area contributed by atoms with Crippen molar-refractivity contribution in [3.05, 3.63) is 93.8 Å². The number of esters is 1. The molecule has 0 spiro atoms. The summed E-state index contributed by atoms with van der Waals surface area (Å²) in [6, 6.07) is 16.3. The molecule has 0 saturated heterocycles. The normalized spacial score (nSPS) is 12.2. The van der Waals surface area contributed by atoms with E-state index >= 15 is 0 Å². The Morgan fingerprint density at radius 3 is 2.52 bits per heavy atom.